The van der Waals surface area contributed by atoms with Gasteiger partial charge in [-0.05, 0) is 36.4 Å². The van der Waals surface area contributed by atoms with E-state index in [9.17, 15) is 19.2 Å². The van der Waals surface area contributed by atoms with E-state index in [0.29, 0.717) is 11.1 Å². The number of furan rings is 1. The number of ether oxygens (including phenoxy) is 2. The van der Waals surface area contributed by atoms with Crippen LogP contribution in [-0.4, -0.2) is 38.0 Å². The van der Waals surface area contributed by atoms with Crippen molar-refractivity contribution >= 4 is 35.9 Å². The number of esters is 2. The second kappa shape index (κ2) is 11.8. The number of benzene rings is 2. The summed E-state index contributed by atoms with van der Waals surface area (Å²) in [4.78, 5) is 49.3. The van der Waals surface area contributed by atoms with Crippen LogP contribution in [0.2, 0.25) is 0 Å². The molecule has 3 aromatic rings. The molecule has 2 amide bonds. The summed E-state index contributed by atoms with van der Waals surface area (Å²) in [6, 6.07) is 19.7. The highest BCUT2D eigenvalue weighted by Crippen LogP contribution is 2.16. The van der Waals surface area contributed by atoms with Crippen molar-refractivity contribution in [3.8, 4) is 0 Å². The molecule has 0 radical (unpaired) electrons. The molecule has 0 atom stereocenters. The van der Waals surface area contributed by atoms with Crippen LogP contribution in [0.25, 0.3) is 12.2 Å². The summed E-state index contributed by atoms with van der Waals surface area (Å²) in [5, 5.41) is 4.99. The largest absolute Gasteiger partial charge is 0.464 e. The van der Waals surface area contributed by atoms with E-state index in [1.165, 1.54) is 38.5 Å². The minimum Gasteiger partial charge on any atom is -0.464 e. The lowest BCUT2D eigenvalue weighted by Crippen LogP contribution is -2.28. The minimum atomic E-state index is -0.784. The molecule has 2 N–H and O–H groups in total. The van der Waals surface area contributed by atoms with Crippen molar-refractivity contribution in [3.05, 3.63) is 107 Å². The molecule has 0 unspecified atom stereocenters. The molecule has 3 rings (SSSR count). The highest BCUT2D eigenvalue weighted by Gasteiger charge is 2.18. The average Bonchev–Trinajstić information content (AvgIpc) is 3.34. The third-order valence-electron chi connectivity index (χ3n) is 4.60. The van der Waals surface area contributed by atoms with E-state index in [0.717, 1.165) is 0 Å². The fraction of sp³-hybridized carbons (Fsp3) is 0.0769. The molecular weight excluding hydrogens is 452 g/mol. The lowest BCUT2D eigenvalue weighted by Gasteiger charge is -2.08. The first-order valence-electron chi connectivity index (χ1n) is 10.3. The van der Waals surface area contributed by atoms with Crippen molar-refractivity contribution in [1.29, 1.82) is 0 Å². The Morgan fingerprint density at radius 3 is 1.34 bits per heavy atom. The second-order valence-corrected chi connectivity index (χ2v) is 6.98. The second-order valence-electron chi connectivity index (χ2n) is 6.98. The van der Waals surface area contributed by atoms with Crippen molar-refractivity contribution in [1.82, 2.24) is 10.6 Å². The van der Waals surface area contributed by atoms with Crippen molar-refractivity contribution in [2.45, 2.75) is 0 Å². The van der Waals surface area contributed by atoms with Crippen LogP contribution in [0, 0.1) is 0 Å². The van der Waals surface area contributed by atoms with E-state index < -0.39 is 23.8 Å². The fourth-order valence-corrected chi connectivity index (χ4v) is 2.89. The topological polar surface area (TPSA) is 124 Å². The Morgan fingerprint density at radius 1 is 0.629 bits per heavy atom. The summed E-state index contributed by atoms with van der Waals surface area (Å²) in [5.74, 6) is -2.22. The van der Waals surface area contributed by atoms with E-state index in [1.54, 1.807) is 60.7 Å². The van der Waals surface area contributed by atoms with E-state index in [1.807, 2.05) is 0 Å². The van der Waals surface area contributed by atoms with Gasteiger partial charge in [0.15, 0.2) is 0 Å². The Labute approximate surface area is 201 Å². The molecule has 178 valence electrons. The van der Waals surface area contributed by atoms with E-state index in [-0.39, 0.29) is 22.9 Å². The Hall–Kier alpha value is -4.92. The predicted molar refractivity (Wildman–Crippen MR) is 127 cm³/mol. The van der Waals surface area contributed by atoms with Gasteiger partial charge < -0.3 is 24.5 Å². The highest BCUT2D eigenvalue weighted by molar-refractivity contribution is 6.04. The fourth-order valence-electron chi connectivity index (χ4n) is 2.89. The van der Waals surface area contributed by atoms with Crippen molar-refractivity contribution in [2.75, 3.05) is 14.2 Å². The maximum absolute atomic E-state index is 12.5. The molecule has 0 aliphatic rings. The summed E-state index contributed by atoms with van der Waals surface area (Å²) >= 11 is 0. The SMILES string of the molecule is COC(=O)/C(=C/c1ccc(/C=C(/NC(=O)c2ccccc2)C(=O)OC)o1)NC(=O)c1ccccc1. The molecular formula is C26H22N2O7. The smallest absolute Gasteiger partial charge is 0.354 e. The number of carbonyl (C=O) groups excluding carboxylic acids is 4. The zero-order valence-electron chi connectivity index (χ0n) is 18.9. The van der Waals surface area contributed by atoms with Crippen LogP contribution in [0.5, 0.6) is 0 Å². The van der Waals surface area contributed by atoms with Gasteiger partial charge in [-0.25, -0.2) is 9.59 Å². The van der Waals surface area contributed by atoms with Gasteiger partial charge in [0.25, 0.3) is 11.8 Å². The van der Waals surface area contributed by atoms with Crippen molar-refractivity contribution < 1.29 is 33.1 Å². The van der Waals surface area contributed by atoms with Crippen molar-refractivity contribution in [3.63, 3.8) is 0 Å². The van der Waals surface area contributed by atoms with Gasteiger partial charge in [-0.15, -0.1) is 0 Å². The van der Waals surface area contributed by atoms with Gasteiger partial charge in [0, 0.05) is 23.3 Å². The predicted octanol–water partition coefficient (Wildman–Crippen LogP) is 3.17. The monoisotopic (exact) mass is 474 g/mol. The molecule has 0 aliphatic heterocycles. The molecule has 0 spiro atoms. The summed E-state index contributed by atoms with van der Waals surface area (Å²) in [5.41, 5.74) is 0.387. The maximum Gasteiger partial charge on any atom is 0.354 e. The zero-order chi connectivity index (χ0) is 25.2. The van der Waals surface area contributed by atoms with Crippen LogP contribution in [-0.2, 0) is 19.1 Å². The maximum atomic E-state index is 12.5. The van der Waals surface area contributed by atoms with Crippen LogP contribution in [0.1, 0.15) is 32.2 Å². The Morgan fingerprint density at radius 2 is 1.00 bits per heavy atom. The van der Waals surface area contributed by atoms with Gasteiger partial charge in [-0.3, -0.25) is 9.59 Å². The molecule has 9 heteroatoms. The van der Waals surface area contributed by atoms with Crippen LogP contribution >= 0.6 is 0 Å². The number of amides is 2. The lowest BCUT2D eigenvalue weighted by molar-refractivity contribution is -0.137. The molecule has 2 aromatic carbocycles. The van der Waals surface area contributed by atoms with Gasteiger partial charge in [0.2, 0.25) is 0 Å². The molecule has 1 aromatic heterocycles. The summed E-state index contributed by atoms with van der Waals surface area (Å²) in [6.07, 6.45) is 2.56. The van der Waals surface area contributed by atoms with Crippen LogP contribution in [0.4, 0.5) is 0 Å². The number of hydrogen-bond acceptors (Lipinski definition) is 7. The minimum absolute atomic E-state index is 0.156. The van der Waals surface area contributed by atoms with Crippen LogP contribution in [0.15, 0.2) is 88.6 Å². The van der Waals surface area contributed by atoms with Gasteiger partial charge in [-0.1, -0.05) is 36.4 Å². The number of rotatable bonds is 8. The van der Waals surface area contributed by atoms with Crippen molar-refractivity contribution in [2.24, 2.45) is 0 Å². The third-order valence-corrected chi connectivity index (χ3v) is 4.60. The Bertz CT molecular complexity index is 1180. The van der Waals surface area contributed by atoms with E-state index >= 15 is 0 Å². The average molecular weight is 474 g/mol. The normalized spacial score (nSPS) is 11.4. The number of hydrogen-bond donors (Lipinski definition) is 2. The van der Waals surface area contributed by atoms with E-state index in [4.69, 9.17) is 13.9 Å². The standard InChI is InChI=1S/C26H22N2O7/c1-33-25(31)21(27-23(29)17-9-5-3-6-10-17)15-19-13-14-20(35-19)16-22(26(32)34-2)28-24(30)18-11-7-4-8-12-18/h3-16H,1-2H3,(H,27,29)(H,28,30)/b21-15-,22-16+. The molecule has 9 nitrogen and oxygen atoms in total. The number of methoxy groups -OCH3 is 2. The molecule has 0 saturated carbocycles. The summed E-state index contributed by atoms with van der Waals surface area (Å²) in [7, 11) is 2.36. The van der Waals surface area contributed by atoms with Gasteiger partial charge >= 0.3 is 11.9 Å². The van der Waals surface area contributed by atoms with E-state index in [2.05, 4.69) is 10.6 Å². The molecule has 0 saturated heterocycles. The number of nitrogens with one attached hydrogen (secondary N) is 2. The third kappa shape index (κ3) is 6.78. The first-order valence-corrected chi connectivity index (χ1v) is 10.3. The highest BCUT2D eigenvalue weighted by atomic mass is 16.5. The van der Waals surface area contributed by atoms with Crippen LogP contribution < -0.4 is 10.6 Å². The summed E-state index contributed by atoms with van der Waals surface area (Å²) < 4.78 is 15.1. The summed E-state index contributed by atoms with van der Waals surface area (Å²) in [6.45, 7) is 0. The molecule has 0 bridgehead atoms. The first-order chi connectivity index (χ1) is 16.9. The van der Waals surface area contributed by atoms with Crippen LogP contribution in [0.3, 0.4) is 0 Å². The van der Waals surface area contributed by atoms with Gasteiger partial charge in [0.1, 0.15) is 22.9 Å². The first kappa shape index (κ1) is 24.7. The number of carbonyl (C=O) groups is 4. The Balaban J connectivity index is 1.84. The Kier molecular flexibility index (Phi) is 8.33. The lowest BCUT2D eigenvalue weighted by atomic mass is 10.2. The molecule has 0 aliphatic carbocycles. The molecule has 35 heavy (non-hydrogen) atoms. The molecule has 0 fully saturated rings. The quantitative estimate of drug-likeness (QED) is 0.380. The zero-order valence-corrected chi connectivity index (χ0v) is 18.9. The molecule has 1 heterocycles. The van der Waals surface area contributed by atoms with Gasteiger partial charge in [-0.2, -0.15) is 0 Å². The van der Waals surface area contributed by atoms with Gasteiger partial charge in [0.05, 0.1) is 14.2 Å².